The fourth-order valence-corrected chi connectivity index (χ4v) is 3.19. The molecule has 0 amide bonds. The lowest BCUT2D eigenvalue weighted by Crippen LogP contribution is -2.23. The molecule has 1 aromatic carbocycles. The van der Waals surface area contributed by atoms with Crippen LogP contribution in [0.5, 0.6) is 0 Å². The van der Waals surface area contributed by atoms with Gasteiger partial charge in [0.2, 0.25) is 0 Å². The molecule has 1 unspecified atom stereocenters. The second-order valence-corrected chi connectivity index (χ2v) is 5.30. The van der Waals surface area contributed by atoms with Gasteiger partial charge in [-0.3, -0.25) is 0 Å². The Labute approximate surface area is 107 Å². The Kier molecular flexibility index (Phi) is 2.85. The molecule has 3 heteroatoms. The van der Waals surface area contributed by atoms with E-state index in [2.05, 4.69) is 28.1 Å². The SMILES string of the molecule is Cn1cc(Cl)c2c(CC3CCCN3)cccc21. The summed E-state index contributed by atoms with van der Waals surface area (Å²) in [6.45, 7) is 1.16. The summed E-state index contributed by atoms with van der Waals surface area (Å²) in [7, 11) is 2.05. The predicted octanol–water partition coefficient (Wildman–Crippen LogP) is 3.13. The highest BCUT2D eigenvalue weighted by molar-refractivity contribution is 6.35. The third-order valence-electron chi connectivity index (χ3n) is 3.68. The van der Waals surface area contributed by atoms with Crippen LogP contribution in [0.2, 0.25) is 5.02 Å². The largest absolute Gasteiger partial charge is 0.349 e. The number of rotatable bonds is 2. The van der Waals surface area contributed by atoms with Gasteiger partial charge in [0, 0.05) is 30.2 Å². The normalized spacial score (nSPS) is 20.2. The topological polar surface area (TPSA) is 17.0 Å². The Morgan fingerprint density at radius 3 is 3.12 bits per heavy atom. The molecule has 90 valence electrons. The Morgan fingerprint density at radius 2 is 2.35 bits per heavy atom. The minimum atomic E-state index is 0.622. The maximum absolute atomic E-state index is 6.33. The van der Waals surface area contributed by atoms with Crippen molar-refractivity contribution in [3.05, 3.63) is 35.0 Å². The molecule has 1 aliphatic heterocycles. The van der Waals surface area contributed by atoms with Gasteiger partial charge in [-0.1, -0.05) is 23.7 Å². The van der Waals surface area contributed by atoms with Crippen molar-refractivity contribution in [2.75, 3.05) is 6.54 Å². The Balaban J connectivity index is 2.03. The van der Waals surface area contributed by atoms with E-state index in [0.717, 1.165) is 18.0 Å². The van der Waals surface area contributed by atoms with Crippen molar-refractivity contribution in [2.45, 2.75) is 25.3 Å². The van der Waals surface area contributed by atoms with Crippen molar-refractivity contribution in [1.29, 1.82) is 0 Å². The first kappa shape index (κ1) is 11.1. The number of nitrogens with one attached hydrogen (secondary N) is 1. The first-order valence-electron chi connectivity index (χ1n) is 6.21. The Bertz CT molecular complexity index is 538. The molecule has 1 fully saturated rings. The van der Waals surface area contributed by atoms with Gasteiger partial charge < -0.3 is 9.88 Å². The molecule has 1 atom stereocenters. The maximum Gasteiger partial charge on any atom is 0.0664 e. The van der Waals surface area contributed by atoms with Crippen molar-refractivity contribution in [2.24, 2.45) is 7.05 Å². The van der Waals surface area contributed by atoms with E-state index >= 15 is 0 Å². The quantitative estimate of drug-likeness (QED) is 0.864. The fourth-order valence-electron chi connectivity index (χ4n) is 2.83. The number of halogens is 1. The van der Waals surface area contributed by atoms with Crippen LogP contribution in [0, 0.1) is 0 Å². The molecule has 2 aromatic rings. The number of hydrogen-bond acceptors (Lipinski definition) is 1. The van der Waals surface area contributed by atoms with Crippen LogP contribution in [-0.2, 0) is 13.5 Å². The van der Waals surface area contributed by atoms with Crippen molar-refractivity contribution in [1.82, 2.24) is 9.88 Å². The monoisotopic (exact) mass is 248 g/mol. The summed E-state index contributed by atoms with van der Waals surface area (Å²) in [6.07, 6.45) is 5.66. The van der Waals surface area contributed by atoms with Crippen LogP contribution in [0.25, 0.3) is 10.9 Å². The number of fused-ring (bicyclic) bond motifs is 1. The summed E-state index contributed by atoms with van der Waals surface area (Å²) >= 11 is 6.33. The molecule has 1 saturated heterocycles. The van der Waals surface area contributed by atoms with Crippen molar-refractivity contribution in [3.63, 3.8) is 0 Å². The minimum Gasteiger partial charge on any atom is -0.349 e. The van der Waals surface area contributed by atoms with E-state index in [-0.39, 0.29) is 0 Å². The summed E-state index contributed by atoms with van der Waals surface area (Å²) in [4.78, 5) is 0. The average Bonchev–Trinajstić information content (AvgIpc) is 2.90. The third kappa shape index (κ3) is 1.96. The van der Waals surface area contributed by atoms with E-state index in [1.165, 1.54) is 29.3 Å². The van der Waals surface area contributed by atoms with Crippen LogP contribution in [-0.4, -0.2) is 17.2 Å². The van der Waals surface area contributed by atoms with E-state index in [9.17, 15) is 0 Å². The lowest BCUT2D eigenvalue weighted by Gasteiger charge is -2.11. The van der Waals surface area contributed by atoms with Crippen LogP contribution >= 0.6 is 11.6 Å². The molecule has 1 N–H and O–H groups in total. The molecule has 0 aliphatic carbocycles. The predicted molar refractivity (Wildman–Crippen MR) is 72.7 cm³/mol. The van der Waals surface area contributed by atoms with Gasteiger partial charge in [0.25, 0.3) is 0 Å². The highest BCUT2D eigenvalue weighted by Gasteiger charge is 2.17. The summed E-state index contributed by atoms with van der Waals surface area (Å²) in [5.41, 5.74) is 2.60. The first-order chi connectivity index (χ1) is 8.25. The number of hydrogen-bond donors (Lipinski definition) is 1. The highest BCUT2D eigenvalue weighted by atomic mass is 35.5. The molecule has 1 aromatic heterocycles. The number of aromatic nitrogens is 1. The van der Waals surface area contributed by atoms with Gasteiger partial charge in [0.1, 0.15) is 0 Å². The Hall–Kier alpha value is -0.990. The zero-order valence-electron chi connectivity index (χ0n) is 10.0. The van der Waals surface area contributed by atoms with Crippen LogP contribution < -0.4 is 5.32 Å². The van der Waals surface area contributed by atoms with E-state index in [0.29, 0.717) is 6.04 Å². The zero-order chi connectivity index (χ0) is 11.8. The zero-order valence-corrected chi connectivity index (χ0v) is 10.8. The smallest absolute Gasteiger partial charge is 0.0664 e. The minimum absolute atomic E-state index is 0.622. The van der Waals surface area contributed by atoms with Crippen molar-refractivity contribution < 1.29 is 0 Å². The van der Waals surface area contributed by atoms with E-state index in [1.54, 1.807) is 0 Å². The van der Waals surface area contributed by atoms with E-state index in [1.807, 2.05) is 13.2 Å². The number of nitrogens with zero attached hydrogens (tertiary/aromatic N) is 1. The van der Waals surface area contributed by atoms with Crippen molar-refractivity contribution in [3.8, 4) is 0 Å². The average molecular weight is 249 g/mol. The van der Waals surface area contributed by atoms with E-state index in [4.69, 9.17) is 11.6 Å². The van der Waals surface area contributed by atoms with Gasteiger partial charge in [-0.2, -0.15) is 0 Å². The second-order valence-electron chi connectivity index (χ2n) is 4.90. The molecule has 0 radical (unpaired) electrons. The molecule has 0 bridgehead atoms. The molecular weight excluding hydrogens is 232 g/mol. The van der Waals surface area contributed by atoms with Gasteiger partial charge in [-0.05, 0) is 37.4 Å². The van der Waals surface area contributed by atoms with Gasteiger partial charge >= 0.3 is 0 Å². The van der Waals surface area contributed by atoms with Gasteiger partial charge in [-0.25, -0.2) is 0 Å². The lowest BCUT2D eigenvalue weighted by molar-refractivity contribution is 0.605. The molecule has 1 aliphatic rings. The molecule has 3 rings (SSSR count). The fraction of sp³-hybridized carbons (Fsp3) is 0.429. The summed E-state index contributed by atoms with van der Waals surface area (Å²) in [6, 6.07) is 7.08. The summed E-state index contributed by atoms with van der Waals surface area (Å²) in [5, 5.41) is 5.64. The second kappa shape index (κ2) is 4.35. The lowest BCUT2D eigenvalue weighted by atomic mass is 10.0. The third-order valence-corrected chi connectivity index (χ3v) is 3.97. The first-order valence-corrected chi connectivity index (χ1v) is 6.59. The molecule has 17 heavy (non-hydrogen) atoms. The molecule has 0 spiro atoms. The van der Waals surface area contributed by atoms with Crippen LogP contribution in [0.4, 0.5) is 0 Å². The Morgan fingerprint density at radius 1 is 1.47 bits per heavy atom. The molecular formula is C14H17ClN2. The summed E-state index contributed by atoms with van der Waals surface area (Å²) in [5.74, 6) is 0. The summed E-state index contributed by atoms with van der Waals surface area (Å²) < 4.78 is 2.10. The van der Waals surface area contributed by atoms with Crippen molar-refractivity contribution >= 4 is 22.5 Å². The van der Waals surface area contributed by atoms with Crippen LogP contribution in [0.1, 0.15) is 18.4 Å². The van der Waals surface area contributed by atoms with Crippen LogP contribution in [0.3, 0.4) is 0 Å². The number of benzene rings is 1. The van der Waals surface area contributed by atoms with E-state index < -0.39 is 0 Å². The highest BCUT2D eigenvalue weighted by Crippen LogP contribution is 2.29. The number of aryl methyl sites for hydroxylation is 1. The molecule has 2 heterocycles. The molecule has 0 saturated carbocycles. The van der Waals surface area contributed by atoms with Gasteiger partial charge in [0.05, 0.1) is 5.02 Å². The van der Waals surface area contributed by atoms with Crippen LogP contribution in [0.15, 0.2) is 24.4 Å². The van der Waals surface area contributed by atoms with Gasteiger partial charge in [-0.15, -0.1) is 0 Å². The molecule has 2 nitrogen and oxygen atoms in total. The van der Waals surface area contributed by atoms with Gasteiger partial charge in [0.15, 0.2) is 0 Å². The standard InChI is InChI=1S/C14H17ClN2/c1-17-9-12(15)14-10(4-2-6-13(14)17)8-11-5-3-7-16-11/h2,4,6,9,11,16H,3,5,7-8H2,1H3. The maximum atomic E-state index is 6.33.